The molecule has 1 fully saturated rings. The van der Waals surface area contributed by atoms with E-state index in [0.717, 1.165) is 36.9 Å². The van der Waals surface area contributed by atoms with Crippen molar-refractivity contribution >= 4 is 45.7 Å². The number of benzene rings is 1. The van der Waals surface area contributed by atoms with Gasteiger partial charge in [0.2, 0.25) is 5.91 Å². The van der Waals surface area contributed by atoms with E-state index in [1.54, 1.807) is 19.1 Å². The number of hydrogen-bond donors (Lipinski definition) is 3. The quantitative estimate of drug-likeness (QED) is 0.195. The lowest BCUT2D eigenvalue weighted by Crippen LogP contribution is -2.39. The van der Waals surface area contributed by atoms with Crippen LogP contribution in [0.25, 0.3) is 0 Å². The normalized spacial score (nSPS) is 14.5. The van der Waals surface area contributed by atoms with Gasteiger partial charge in [0.25, 0.3) is 0 Å². The topological polar surface area (TPSA) is 99.7 Å². The number of guanidine groups is 1. The summed E-state index contributed by atoms with van der Waals surface area (Å²) in [5.74, 6) is 1.11. The zero-order valence-corrected chi connectivity index (χ0v) is 20.6. The number of carbonyl (C=O) groups excluding carboxylic acids is 1. The summed E-state index contributed by atoms with van der Waals surface area (Å²) in [6.07, 6.45) is 5.25. The summed E-state index contributed by atoms with van der Waals surface area (Å²) in [5.41, 5.74) is 1.69. The van der Waals surface area contributed by atoms with Crippen molar-refractivity contribution in [1.29, 1.82) is 0 Å². The van der Waals surface area contributed by atoms with Gasteiger partial charge in [-0.15, -0.1) is 24.0 Å². The van der Waals surface area contributed by atoms with E-state index in [1.165, 1.54) is 12.7 Å². The van der Waals surface area contributed by atoms with Crippen LogP contribution in [-0.4, -0.2) is 46.2 Å². The molecule has 1 saturated carbocycles. The van der Waals surface area contributed by atoms with Crippen LogP contribution in [0.15, 0.2) is 28.1 Å². The Kier molecular flexibility index (Phi) is 10.9. The predicted molar refractivity (Wildman–Crippen MR) is 127 cm³/mol. The zero-order chi connectivity index (χ0) is 20.6. The SMILES string of the molecule is CCNC(=NCc1ccc(S(C)(=O)=O)c(C)c1)NCCCNC(=O)C1CCC1.I. The Hall–Kier alpha value is -1.36. The van der Waals surface area contributed by atoms with Crippen LogP contribution in [-0.2, 0) is 21.2 Å². The highest BCUT2D eigenvalue weighted by molar-refractivity contribution is 14.0. The maximum atomic E-state index is 11.8. The molecule has 2 rings (SSSR count). The maximum absolute atomic E-state index is 11.8. The second-order valence-electron chi connectivity index (χ2n) is 7.27. The van der Waals surface area contributed by atoms with Gasteiger partial charge >= 0.3 is 0 Å². The van der Waals surface area contributed by atoms with E-state index >= 15 is 0 Å². The molecule has 29 heavy (non-hydrogen) atoms. The molecule has 0 aromatic heterocycles. The first-order valence-corrected chi connectivity index (χ1v) is 11.8. The molecule has 0 atom stereocenters. The first-order chi connectivity index (χ1) is 13.3. The van der Waals surface area contributed by atoms with Crippen LogP contribution >= 0.6 is 24.0 Å². The van der Waals surface area contributed by atoms with Gasteiger partial charge in [-0.1, -0.05) is 18.6 Å². The molecule has 0 unspecified atom stereocenters. The van der Waals surface area contributed by atoms with Crippen molar-refractivity contribution in [2.75, 3.05) is 25.9 Å². The minimum absolute atomic E-state index is 0. The fourth-order valence-electron chi connectivity index (χ4n) is 3.06. The molecule has 7 nitrogen and oxygen atoms in total. The van der Waals surface area contributed by atoms with Crippen molar-refractivity contribution in [3.63, 3.8) is 0 Å². The van der Waals surface area contributed by atoms with E-state index in [2.05, 4.69) is 20.9 Å². The van der Waals surface area contributed by atoms with Gasteiger partial charge in [-0.3, -0.25) is 4.79 Å². The van der Waals surface area contributed by atoms with Crippen molar-refractivity contribution in [2.45, 2.75) is 51.0 Å². The largest absolute Gasteiger partial charge is 0.357 e. The first kappa shape index (κ1) is 25.7. The van der Waals surface area contributed by atoms with Gasteiger partial charge < -0.3 is 16.0 Å². The van der Waals surface area contributed by atoms with E-state index in [9.17, 15) is 13.2 Å². The monoisotopic (exact) mass is 536 g/mol. The number of nitrogens with zero attached hydrogens (tertiary/aromatic N) is 1. The average molecular weight is 536 g/mol. The lowest BCUT2D eigenvalue weighted by molar-refractivity contribution is -0.127. The molecule has 0 bridgehead atoms. The average Bonchev–Trinajstić information content (AvgIpc) is 2.56. The number of nitrogens with one attached hydrogen (secondary N) is 3. The highest BCUT2D eigenvalue weighted by Gasteiger charge is 2.24. The van der Waals surface area contributed by atoms with Gasteiger partial charge in [-0.05, 0) is 50.3 Å². The minimum atomic E-state index is -3.21. The van der Waals surface area contributed by atoms with Crippen LogP contribution in [0, 0.1) is 12.8 Å². The van der Waals surface area contributed by atoms with Crippen molar-refractivity contribution in [3.05, 3.63) is 29.3 Å². The van der Waals surface area contributed by atoms with E-state index in [0.29, 0.717) is 30.5 Å². The number of halogens is 1. The number of aryl methyl sites for hydroxylation is 1. The molecule has 1 aromatic carbocycles. The third-order valence-corrected chi connectivity index (χ3v) is 6.08. The number of rotatable bonds is 9. The Labute approximate surface area is 191 Å². The first-order valence-electron chi connectivity index (χ1n) is 9.90. The van der Waals surface area contributed by atoms with E-state index in [4.69, 9.17) is 0 Å². The molecule has 0 saturated heterocycles. The molecule has 9 heteroatoms. The summed E-state index contributed by atoms with van der Waals surface area (Å²) in [7, 11) is -3.21. The molecular weight excluding hydrogens is 503 g/mol. The summed E-state index contributed by atoms with van der Waals surface area (Å²) in [6.45, 7) is 6.37. The van der Waals surface area contributed by atoms with E-state index < -0.39 is 9.84 Å². The van der Waals surface area contributed by atoms with Gasteiger partial charge in [-0.2, -0.15) is 0 Å². The predicted octanol–water partition coefficient (Wildman–Crippen LogP) is 2.38. The van der Waals surface area contributed by atoms with Crippen LogP contribution in [0.3, 0.4) is 0 Å². The van der Waals surface area contributed by atoms with Crippen LogP contribution in [0.1, 0.15) is 43.7 Å². The van der Waals surface area contributed by atoms with Crippen LogP contribution < -0.4 is 16.0 Å². The molecular formula is C20H33IN4O3S. The number of amides is 1. The zero-order valence-electron chi connectivity index (χ0n) is 17.5. The molecule has 0 radical (unpaired) electrons. The standard InChI is InChI=1S/C20H32N4O3S.HI/c1-4-21-20(23-12-6-11-22-19(25)17-7-5-8-17)24-14-16-9-10-18(15(2)13-16)28(3,26)27;/h9-10,13,17H,4-8,11-12,14H2,1-3H3,(H,22,25)(H2,21,23,24);1H. The summed E-state index contributed by atoms with van der Waals surface area (Å²) in [5, 5.41) is 9.44. The number of aliphatic imine (C=N–C) groups is 1. The highest BCUT2D eigenvalue weighted by atomic mass is 127. The number of carbonyl (C=O) groups is 1. The second-order valence-corrected chi connectivity index (χ2v) is 9.25. The smallest absolute Gasteiger partial charge is 0.223 e. The van der Waals surface area contributed by atoms with E-state index in [-0.39, 0.29) is 35.8 Å². The van der Waals surface area contributed by atoms with Crippen molar-refractivity contribution in [3.8, 4) is 0 Å². The van der Waals surface area contributed by atoms with Crippen LogP contribution in [0.5, 0.6) is 0 Å². The highest BCUT2D eigenvalue weighted by Crippen LogP contribution is 2.26. The molecule has 0 heterocycles. The maximum Gasteiger partial charge on any atom is 0.223 e. The molecule has 0 aliphatic heterocycles. The molecule has 1 aliphatic carbocycles. The van der Waals surface area contributed by atoms with Crippen molar-refractivity contribution in [2.24, 2.45) is 10.9 Å². The van der Waals surface area contributed by atoms with Gasteiger partial charge in [0.15, 0.2) is 15.8 Å². The van der Waals surface area contributed by atoms with Crippen LogP contribution in [0.2, 0.25) is 0 Å². The Bertz CT molecular complexity index is 808. The lowest BCUT2D eigenvalue weighted by Gasteiger charge is -2.24. The number of hydrogen-bond acceptors (Lipinski definition) is 4. The second kappa shape index (κ2) is 12.4. The van der Waals surface area contributed by atoms with Gasteiger partial charge in [0, 0.05) is 31.8 Å². The Morgan fingerprint density at radius 1 is 1.17 bits per heavy atom. The van der Waals surface area contributed by atoms with Gasteiger partial charge in [0.05, 0.1) is 11.4 Å². The number of sulfone groups is 1. The van der Waals surface area contributed by atoms with Crippen LogP contribution in [0.4, 0.5) is 0 Å². The third kappa shape index (κ3) is 8.49. The molecule has 0 spiro atoms. The summed E-state index contributed by atoms with van der Waals surface area (Å²) in [4.78, 5) is 16.7. The summed E-state index contributed by atoms with van der Waals surface area (Å²) < 4.78 is 23.4. The fourth-order valence-corrected chi connectivity index (χ4v) is 4.02. The Balaban J connectivity index is 0.00000420. The fraction of sp³-hybridized carbons (Fsp3) is 0.600. The minimum Gasteiger partial charge on any atom is -0.357 e. The van der Waals surface area contributed by atoms with Crippen molar-refractivity contribution in [1.82, 2.24) is 16.0 Å². The molecule has 1 amide bonds. The van der Waals surface area contributed by atoms with Crippen molar-refractivity contribution < 1.29 is 13.2 Å². The Morgan fingerprint density at radius 2 is 1.86 bits per heavy atom. The lowest BCUT2D eigenvalue weighted by atomic mass is 9.85. The van der Waals surface area contributed by atoms with E-state index in [1.807, 2.05) is 13.0 Å². The third-order valence-electron chi connectivity index (χ3n) is 4.82. The molecule has 1 aromatic rings. The molecule has 3 N–H and O–H groups in total. The Morgan fingerprint density at radius 3 is 2.41 bits per heavy atom. The van der Waals surface area contributed by atoms with Gasteiger partial charge in [0.1, 0.15) is 0 Å². The summed E-state index contributed by atoms with van der Waals surface area (Å²) in [6, 6.07) is 5.30. The summed E-state index contributed by atoms with van der Waals surface area (Å²) >= 11 is 0. The molecule has 1 aliphatic rings. The molecule has 164 valence electrons. The van der Waals surface area contributed by atoms with Gasteiger partial charge in [-0.25, -0.2) is 13.4 Å².